The predicted molar refractivity (Wildman–Crippen MR) is 82.1 cm³/mol. The second-order valence-electron chi connectivity index (χ2n) is 6.51. The quantitative estimate of drug-likeness (QED) is 0.868. The van der Waals surface area contributed by atoms with Crippen molar-refractivity contribution in [1.82, 2.24) is 5.32 Å². The van der Waals surface area contributed by atoms with Gasteiger partial charge in [0.05, 0.1) is 13.0 Å². The van der Waals surface area contributed by atoms with E-state index in [1.54, 1.807) is 0 Å². The van der Waals surface area contributed by atoms with Crippen LogP contribution in [-0.4, -0.2) is 30.7 Å². The summed E-state index contributed by atoms with van der Waals surface area (Å²) in [5.41, 5.74) is 0.409. The maximum Gasteiger partial charge on any atom is 0.322 e. The van der Waals surface area contributed by atoms with Gasteiger partial charge in [-0.1, -0.05) is 30.3 Å². The van der Waals surface area contributed by atoms with Gasteiger partial charge in [-0.15, -0.1) is 0 Å². The van der Waals surface area contributed by atoms with Crippen molar-refractivity contribution < 1.29 is 19.1 Å². The highest BCUT2D eigenvalue weighted by atomic mass is 16.6. The van der Waals surface area contributed by atoms with Crippen LogP contribution < -0.4 is 5.32 Å². The van der Waals surface area contributed by atoms with Crippen LogP contribution in [0, 0.1) is 5.92 Å². The molecule has 1 heterocycles. The lowest BCUT2D eigenvalue weighted by molar-refractivity contribution is -0.160. The number of hydrogen-bond donors (Lipinski definition) is 1. The summed E-state index contributed by atoms with van der Waals surface area (Å²) in [7, 11) is 1.35. The van der Waals surface area contributed by atoms with Crippen molar-refractivity contribution in [2.75, 3.05) is 7.11 Å². The lowest BCUT2D eigenvalue weighted by atomic mass is 9.93. The molecule has 1 saturated heterocycles. The van der Waals surface area contributed by atoms with Crippen LogP contribution in [0.25, 0.3) is 0 Å². The molecule has 1 aliphatic heterocycles. The Morgan fingerprint density at radius 2 is 1.77 bits per heavy atom. The molecule has 0 aliphatic carbocycles. The third kappa shape index (κ3) is 3.85. The predicted octanol–water partition coefficient (Wildman–Crippen LogP) is 2.22. The van der Waals surface area contributed by atoms with Crippen LogP contribution in [0.5, 0.6) is 0 Å². The Labute approximate surface area is 131 Å². The SMILES string of the molecule is COC(=O)[C@@H]1C[C@@H](C(=O)OC(C)(C)C)[C@H](c2ccccc2)N1. The Hall–Kier alpha value is -1.88. The van der Waals surface area contributed by atoms with E-state index >= 15 is 0 Å². The lowest BCUT2D eigenvalue weighted by Gasteiger charge is -2.25. The van der Waals surface area contributed by atoms with Gasteiger partial charge in [0.25, 0.3) is 0 Å². The molecular formula is C17H23NO4. The first-order valence-corrected chi connectivity index (χ1v) is 7.43. The van der Waals surface area contributed by atoms with Crippen LogP contribution in [0.4, 0.5) is 0 Å². The number of nitrogens with one attached hydrogen (secondary N) is 1. The van der Waals surface area contributed by atoms with E-state index in [-0.39, 0.29) is 18.0 Å². The zero-order valence-electron chi connectivity index (χ0n) is 13.5. The minimum atomic E-state index is -0.554. The lowest BCUT2D eigenvalue weighted by Crippen LogP contribution is -2.33. The fourth-order valence-electron chi connectivity index (χ4n) is 2.70. The minimum Gasteiger partial charge on any atom is -0.468 e. The third-order valence-electron chi connectivity index (χ3n) is 3.63. The minimum absolute atomic E-state index is 0.250. The number of methoxy groups -OCH3 is 1. The van der Waals surface area contributed by atoms with Crippen molar-refractivity contribution in [2.24, 2.45) is 5.92 Å². The highest BCUT2D eigenvalue weighted by Gasteiger charge is 2.44. The maximum absolute atomic E-state index is 12.5. The third-order valence-corrected chi connectivity index (χ3v) is 3.63. The molecule has 3 atom stereocenters. The summed E-state index contributed by atoms with van der Waals surface area (Å²) in [6.45, 7) is 5.51. The summed E-state index contributed by atoms with van der Waals surface area (Å²) < 4.78 is 10.3. The van der Waals surface area contributed by atoms with Crippen molar-refractivity contribution in [3.05, 3.63) is 35.9 Å². The first kappa shape index (κ1) is 16.5. The molecular weight excluding hydrogens is 282 g/mol. The molecule has 120 valence electrons. The monoisotopic (exact) mass is 305 g/mol. The number of hydrogen-bond acceptors (Lipinski definition) is 5. The fourth-order valence-corrected chi connectivity index (χ4v) is 2.70. The summed E-state index contributed by atoms with van der Waals surface area (Å²) in [5.74, 6) is -1.06. The van der Waals surface area contributed by atoms with Crippen molar-refractivity contribution in [3.63, 3.8) is 0 Å². The molecule has 5 nitrogen and oxygen atoms in total. The van der Waals surface area contributed by atoms with Gasteiger partial charge in [-0.2, -0.15) is 0 Å². The Bertz CT molecular complexity index is 535. The van der Waals surface area contributed by atoms with Crippen molar-refractivity contribution >= 4 is 11.9 Å². The largest absolute Gasteiger partial charge is 0.468 e. The molecule has 1 fully saturated rings. The van der Waals surface area contributed by atoms with Crippen molar-refractivity contribution in [2.45, 2.75) is 44.9 Å². The number of carbonyl (C=O) groups excluding carboxylic acids is 2. The molecule has 0 unspecified atom stereocenters. The summed E-state index contributed by atoms with van der Waals surface area (Å²) in [5, 5.41) is 3.20. The van der Waals surface area contributed by atoms with E-state index < -0.39 is 17.6 Å². The highest BCUT2D eigenvalue weighted by Crippen LogP contribution is 2.34. The van der Waals surface area contributed by atoms with Gasteiger partial charge >= 0.3 is 11.9 Å². The second-order valence-corrected chi connectivity index (χ2v) is 6.51. The van der Waals surface area contributed by atoms with Gasteiger partial charge in [0.1, 0.15) is 11.6 Å². The zero-order valence-corrected chi connectivity index (χ0v) is 13.5. The number of benzene rings is 1. The first-order chi connectivity index (χ1) is 10.3. The zero-order chi connectivity index (χ0) is 16.3. The molecule has 2 rings (SSSR count). The van der Waals surface area contributed by atoms with E-state index in [1.807, 2.05) is 51.1 Å². The molecule has 0 amide bonds. The van der Waals surface area contributed by atoms with Crippen LogP contribution in [-0.2, 0) is 19.1 Å². The van der Waals surface area contributed by atoms with Crippen molar-refractivity contribution in [1.29, 1.82) is 0 Å². The molecule has 0 spiro atoms. The number of ether oxygens (including phenoxy) is 2. The average Bonchev–Trinajstić information content (AvgIpc) is 2.91. The summed E-state index contributed by atoms with van der Waals surface area (Å²) in [6, 6.07) is 8.87. The first-order valence-electron chi connectivity index (χ1n) is 7.43. The summed E-state index contributed by atoms with van der Waals surface area (Å²) >= 11 is 0. The number of esters is 2. The van der Waals surface area contributed by atoms with Gasteiger partial charge in [-0.05, 0) is 32.8 Å². The molecule has 1 aromatic carbocycles. The normalized spacial score (nSPS) is 24.8. The summed E-state index contributed by atoms with van der Waals surface area (Å²) in [4.78, 5) is 24.3. The molecule has 0 aromatic heterocycles. The van der Waals surface area contributed by atoms with E-state index in [1.165, 1.54) is 7.11 Å². The van der Waals surface area contributed by atoms with Gasteiger partial charge in [0.2, 0.25) is 0 Å². The molecule has 0 radical (unpaired) electrons. The molecule has 1 aliphatic rings. The molecule has 1 N–H and O–H groups in total. The maximum atomic E-state index is 12.5. The second kappa shape index (κ2) is 6.48. The van der Waals surface area contributed by atoms with Gasteiger partial charge in [0.15, 0.2) is 0 Å². The van der Waals surface area contributed by atoms with Crippen LogP contribution in [0.2, 0.25) is 0 Å². The molecule has 0 bridgehead atoms. The van der Waals surface area contributed by atoms with Gasteiger partial charge in [-0.25, -0.2) is 0 Å². The molecule has 0 saturated carbocycles. The average molecular weight is 305 g/mol. The summed E-state index contributed by atoms with van der Waals surface area (Å²) in [6.07, 6.45) is 0.376. The fraction of sp³-hybridized carbons (Fsp3) is 0.529. The van der Waals surface area contributed by atoms with E-state index in [2.05, 4.69) is 5.32 Å². The van der Waals surface area contributed by atoms with Gasteiger partial charge < -0.3 is 9.47 Å². The molecule has 5 heteroatoms. The van der Waals surface area contributed by atoms with Crippen LogP contribution in [0.3, 0.4) is 0 Å². The highest BCUT2D eigenvalue weighted by molar-refractivity contribution is 5.80. The van der Waals surface area contributed by atoms with Crippen LogP contribution in [0.15, 0.2) is 30.3 Å². The Morgan fingerprint density at radius 3 is 2.32 bits per heavy atom. The van der Waals surface area contributed by atoms with Crippen molar-refractivity contribution in [3.8, 4) is 0 Å². The number of carbonyl (C=O) groups is 2. The van der Waals surface area contributed by atoms with Gasteiger partial charge in [-0.3, -0.25) is 14.9 Å². The van der Waals surface area contributed by atoms with E-state index in [4.69, 9.17) is 9.47 Å². The standard InChI is InChI=1S/C17H23NO4/c1-17(2,3)22-15(19)12-10-13(16(20)21-4)18-14(12)11-8-6-5-7-9-11/h5-9,12-14,18H,10H2,1-4H3/t12-,13+,14+/m1/s1. The molecule has 1 aromatic rings. The topological polar surface area (TPSA) is 64.6 Å². The van der Waals surface area contributed by atoms with Gasteiger partial charge in [0, 0.05) is 6.04 Å². The Kier molecular flexibility index (Phi) is 4.86. The Morgan fingerprint density at radius 1 is 1.14 bits per heavy atom. The molecule has 22 heavy (non-hydrogen) atoms. The smallest absolute Gasteiger partial charge is 0.322 e. The van der Waals surface area contributed by atoms with E-state index in [0.717, 1.165) is 5.56 Å². The number of rotatable bonds is 3. The Balaban J connectivity index is 2.23. The van der Waals surface area contributed by atoms with Crippen LogP contribution in [0.1, 0.15) is 38.8 Å². The van der Waals surface area contributed by atoms with E-state index in [9.17, 15) is 9.59 Å². The van der Waals surface area contributed by atoms with E-state index in [0.29, 0.717) is 6.42 Å². The van der Waals surface area contributed by atoms with Crippen LogP contribution >= 0.6 is 0 Å².